The molecule has 1 aromatic heterocycles. The summed E-state index contributed by atoms with van der Waals surface area (Å²) in [6.07, 6.45) is 0. The van der Waals surface area contributed by atoms with Gasteiger partial charge in [0.15, 0.2) is 0 Å². The molecule has 0 amide bonds. The van der Waals surface area contributed by atoms with Crippen molar-refractivity contribution >= 4 is 32.7 Å². The zero-order valence-corrected chi connectivity index (χ0v) is 21.2. The Balaban J connectivity index is 1.34. The molecule has 38 heavy (non-hydrogen) atoms. The molecule has 0 bridgehead atoms. The minimum atomic E-state index is 0.875. The third-order valence-electron chi connectivity index (χ3n) is 7.82. The first-order valence-electron chi connectivity index (χ1n) is 13.0. The second-order valence-electron chi connectivity index (χ2n) is 10.3. The van der Waals surface area contributed by atoms with Gasteiger partial charge < -0.3 is 9.15 Å². The molecule has 0 N–H and O–H groups in total. The topological polar surface area (TPSA) is 22.4 Å². The predicted octanol–water partition coefficient (Wildman–Crippen LogP) is 10.5. The summed E-state index contributed by atoms with van der Waals surface area (Å²) in [5, 5.41) is 4.56. The van der Waals surface area contributed by atoms with Crippen molar-refractivity contribution in [3.8, 4) is 44.9 Å². The second kappa shape index (κ2) is 7.84. The van der Waals surface area contributed by atoms with Crippen molar-refractivity contribution in [3.63, 3.8) is 0 Å². The average molecular weight is 489 g/mol. The van der Waals surface area contributed by atoms with Gasteiger partial charge in [0.2, 0.25) is 0 Å². The molecule has 2 heteroatoms. The van der Waals surface area contributed by atoms with Crippen molar-refractivity contribution in [1.82, 2.24) is 0 Å². The minimum absolute atomic E-state index is 0.875. The highest BCUT2D eigenvalue weighted by molar-refractivity contribution is 6.24. The normalized spacial score (nSPS) is 12.2. The van der Waals surface area contributed by atoms with E-state index in [-0.39, 0.29) is 0 Å². The Morgan fingerprint density at radius 3 is 1.84 bits per heavy atom. The van der Waals surface area contributed by atoms with Gasteiger partial charge in [0.25, 0.3) is 0 Å². The number of hydrogen-bond acceptors (Lipinski definition) is 2. The molecule has 2 nitrogen and oxygen atoms in total. The van der Waals surface area contributed by atoms with E-state index in [2.05, 4.69) is 123 Å². The summed E-state index contributed by atoms with van der Waals surface area (Å²) >= 11 is 0. The lowest BCUT2D eigenvalue weighted by atomic mass is 9.90. The Hall–Kier alpha value is -4.82. The van der Waals surface area contributed by atoms with E-state index in [0.717, 1.165) is 66.5 Å². The van der Waals surface area contributed by atoms with Crippen LogP contribution in [0.2, 0.25) is 0 Å². The highest BCUT2D eigenvalue weighted by atomic mass is 16.5. The lowest BCUT2D eigenvalue weighted by Gasteiger charge is -2.22. The van der Waals surface area contributed by atoms with Gasteiger partial charge in [-0.15, -0.1) is 0 Å². The SMILES string of the molecule is Cc1ccc(-c2ccc3c(c2)Oc2cccc4c2c-3cc2oc3cc(-c5ccc(C)cc5)ccc3c24)cc1. The lowest BCUT2D eigenvalue weighted by molar-refractivity contribution is 0.487. The summed E-state index contributed by atoms with van der Waals surface area (Å²) in [6.45, 7) is 4.22. The summed E-state index contributed by atoms with van der Waals surface area (Å²) in [5.74, 6) is 1.76. The van der Waals surface area contributed by atoms with Crippen LogP contribution in [0.15, 0.2) is 114 Å². The standard InChI is InChI=1S/C36H24O2/c1-21-6-10-23(11-7-21)25-14-16-27-30-20-34-35(29-4-3-5-31(36(29)30)37-32(27)18-25)28-17-15-26(19-33(28)38-34)24-12-8-22(2)9-13-24/h3-20H,1-2H3. The number of furan rings is 1. The van der Waals surface area contributed by atoms with Crippen LogP contribution in [0.4, 0.5) is 0 Å². The molecule has 2 heterocycles. The van der Waals surface area contributed by atoms with E-state index in [1.54, 1.807) is 0 Å². The lowest BCUT2D eigenvalue weighted by Crippen LogP contribution is -1.97. The number of ether oxygens (including phenoxy) is 1. The molecule has 0 spiro atoms. The maximum atomic E-state index is 6.53. The van der Waals surface area contributed by atoms with Gasteiger partial charge >= 0.3 is 0 Å². The number of hydrogen-bond donors (Lipinski definition) is 0. The molecule has 0 radical (unpaired) electrons. The largest absolute Gasteiger partial charge is 0.456 e. The second-order valence-corrected chi connectivity index (χ2v) is 10.3. The van der Waals surface area contributed by atoms with Crippen LogP contribution in [0.1, 0.15) is 11.1 Å². The first kappa shape index (κ1) is 21.3. The van der Waals surface area contributed by atoms with Gasteiger partial charge in [-0.05, 0) is 77.9 Å². The van der Waals surface area contributed by atoms with Gasteiger partial charge in [-0.2, -0.15) is 0 Å². The summed E-state index contributed by atoms with van der Waals surface area (Å²) < 4.78 is 13.1. The van der Waals surface area contributed by atoms with Crippen molar-refractivity contribution in [3.05, 3.63) is 120 Å². The average Bonchev–Trinajstić information content (AvgIpc) is 3.31. The Labute approximate surface area is 220 Å². The first-order valence-corrected chi connectivity index (χ1v) is 13.0. The Morgan fingerprint density at radius 2 is 1.11 bits per heavy atom. The highest BCUT2D eigenvalue weighted by Crippen LogP contribution is 2.51. The Kier molecular flexibility index (Phi) is 4.39. The fourth-order valence-electron chi connectivity index (χ4n) is 5.81. The van der Waals surface area contributed by atoms with E-state index in [1.165, 1.54) is 22.3 Å². The van der Waals surface area contributed by atoms with Gasteiger partial charge in [-0.3, -0.25) is 0 Å². The third-order valence-corrected chi connectivity index (χ3v) is 7.82. The molecule has 0 saturated carbocycles. The van der Waals surface area contributed by atoms with Crippen molar-refractivity contribution < 1.29 is 9.15 Å². The fourth-order valence-corrected chi connectivity index (χ4v) is 5.81. The van der Waals surface area contributed by atoms with Crippen LogP contribution in [-0.2, 0) is 0 Å². The molecular weight excluding hydrogens is 464 g/mol. The number of rotatable bonds is 2. The summed E-state index contributed by atoms with van der Waals surface area (Å²) in [7, 11) is 0. The van der Waals surface area contributed by atoms with Gasteiger partial charge in [-0.25, -0.2) is 0 Å². The van der Waals surface area contributed by atoms with Crippen molar-refractivity contribution in [2.24, 2.45) is 0 Å². The molecule has 0 unspecified atom stereocenters. The summed E-state index contributed by atoms with van der Waals surface area (Å²) in [4.78, 5) is 0. The van der Waals surface area contributed by atoms with Crippen LogP contribution in [0.5, 0.6) is 11.5 Å². The number of aryl methyl sites for hydroxylation is 2. The summed E-state index contributed by atoms with van der Waals surface area (Å²) in [6, 6.07) is 38.8. The molecule has 0 saturated heterocycles. The fraction of sp³-hybridized carbons (Fsp3) is 0.0556. The molecule has 1 aliphatic rings. The molecule has 0 aliphatic carbocycles. The van der Waals surface area contributed by atoms with Crippen LogP contribution in [0, 0.1) is 13.8 Å². The van der Waals surface area contributed by atoms with Crippen LogP contribution < -0.4 is 4.74 Å². The molecule has 0 atom stereocenters. The predicted molar refractivity (Wildman–Crippen MR) is 157 cm³/mol. The van der Waals surface area contributed by atoms with E-state index in [0.29, 0.717) is 0 Å². The molecule has 8 rings (SSSR count). The van der Waals surface area contributed by atoms with E-state index in [1.807, 2.05) is 0 Å². The van der Waals surface area contributed by atoms with Gasteiger partial charge in [0.1, 0.15) is 22.7 Å². The molecule has 7 aromatic rings. The Morgan fingerprint density at radius 1 is 0.447 bits per heavy atom. The monoisotopic (exact) mass is 488 g/mol. The Bertz CT molecular complexity index is 2040. The van der Waals surface area contributed by atoms with Crippen molar-refractivity contribution in [2.45, 2.75) is 13.8 Å². The van der Waals surface area contributed by atoms with E-state index >= 15 is 0 Å². The van der Waals surface area contributed by atoms with E-state index in [9.17, 15) is 0 Å². The molecular formula is C36H24O2. The minimum Gasteiger partial charge on any atom is -0.456 e. The maximum Gasteiger partial charge on any atom is 0.136 e. The van der Waals surface area contributed by atoms with Gasteiger partial charge in [-0.1, -0.05) is 83.9 Å². The zero-order chi connectivity index (χ0) is 25.4. The molecule has 0 fully saturated rings. The van der Waals surface area contributed by atoms with Crippen LogP contribution in [0.3, 0.4) is 0 Å². The van der Waals surface area contributed by atoms with Crippen molar-refractivity contribution in [2.75, 3.05) is 0 Å². The summed E-state index contributed by atoms with van der Waals surface area (Å²) in [5.41, 5.74) is 11.2. The van der Waals surface area contributed by atoms with Crippen LogP contribution >= 0.6 is 0 Å². The van der Waals surface area contributed by atoms with Crippen LogP contribution in [0.25, 0.3) is 66.1 Å². The number of fused-ring (bicyclic) bond motifs is 6. The van der Waals surface area contributed by atoms with E-state index < -0.39 is 0 Å². The van der Waals surface area contributed by atoms with Crippen molar-refractivity contribution in [1.29, 1.82) is 0 Å². The maximum absolute atomic E-state index is 6.53. The third kappa shape index (κ3) is 3.13. The smallest absolute Gasteiger partial charge is 0.136 e. The molecule has 6 aromatic carbocycles. The zero-order valence-electron chi connectivity index (χ0n) is 21.2. The van der Waals surface area contributed by atoms with Gasteiger partial charge in [0, 0.05) is 27.3 Å². The number of benzene rings is 6. The van der Waals surface area contributed by atoms with E-state index in [4.69, 9.17) is 9.15 Å². The van der Waals surface area contributed by atoms with Crippen LogP contribution in [-0.4, -0.2) is 0 Å². The highest BCUT2D eigenvalue weighted by Gasteiger charge is 2.24. The van der Waals surface area contributed by atoms with Gasteiger partial charge in [0.05, 0.1) is 0 Å². The molecule has 180 valence electrons. The molecule has 1 aliphatic heterocycles. The quantitative estimate of drug-likeness (QED) is 0.241. The first-order chi connectivity index (χ1) is 18.6.